The normalized spacial score (nSPS) is 27.7. The minimum atomic E-state index is 0.717. The molecule has 2 heteroatoms. The molecule has 102 valence electrons. The van der Waals surface area contributed by atoms with E-state index in [1.807, 2.05) is 0 Å². The highest BCUT2D eigenvalue weighted by Crippen LogP contribution is 2.25. The molecule has 17 heavy (non-hydrogen) atoms. The van der Waals surface area contributed by atoms with Crippen LogP contribution in [-0.2, 0) is 0 Å². The Morgan fingerprint density at radius 2 is 1.82 bits per heavy atom. The quantitative estimate of drug-likeness (QED) is 0.767. The van der Waals surface area contributed by atoms with Gasteiger partial charge in [0.1, 0.15) is 0 Å². The van der Waals surface area contributed by atoms with E-state index in [1.54, 1.807) is 0 Å². The van der Waals surface area contributed by atoms with Gasteiger partial charge in [0.2, 0.25) is 0 Å². The Kier molecular flexibility index (Phi) is 6.50. The van der Waals surface area contributed by atoms with Gasteiger partial charge in [-0.25, -0.2) is 0 Å². The van der Waals surface area contributed by atoms with Gasteiger partial charge in [0.25, 0.3) is 0 Å². The third-order valence-electron chi connectivity index (χ3n) is 4.37. The van der Waals surface area contributed by atoms with Crippen molar-refractivity contribution < 1.29 is 0 Å². The van der Waals surface area contributed by atoms with E-state index in [0.717, 1.165) is 23.9 Å². The first kappa shape index (κ1) is 15.0. The van der Waals surface area contributed by atoms with Crippen molar-refractivity contribution in [2.75, 3.05) is 20.6 Å². The molecule has 2 nitrogen and oxygen atoms in total. The lowest BCUT2D eigenvalue weighted by molar-refractivity contribution is 0.153. The zero-order valence-corrected chi connectivity index (χ0v) is 12.5. The largest absolute Gasteiger partial charge is 0.317 e. The molecule has 0 saturated heterocycles. The van der Waals surface area contributed by atoms with Gasteiger partial charge in [0.05, 0.1) is 0 Å². The van der Waals surface area contributed by atoms with E-state index < -0.39 is 0 Å². The average molecular weight is 240 g/mol. The lowest BCUT2D eigenvalue weighted by atomic mass is 9.84. The molecule has 0 aromatic carbocycles. The third kappa shape index (κ3) is 4.97. The Hall–Kier alpha value is -0.0800. The first-order valence-corrected chi connectivity index (χ1v) is 7.42. The van der Waals surface area contributed by atoms with Crippen LogP contribution in [0.1, 0.15) is 52.9 Å². The number of hydrogen-bond acceptors (Lipinski definition) is 2. The van der Waals surface area contributed by atoms with Crippen LogP contribution in [0.25, 0.3) is 0 Å². The lowest BCUT2D eigenvalue weighted by Gasteiger charge is -2.36. The molecule has 0 heterocycles. The van der Waals surface area contributed by atoms with Crippen molar-refractivity contribution in [1.82, 2.24) is 10.2 Å². The molecule has 1 fully saturated rings. The maximum Gasteiger partial charge on any atom is 0.0104 e. The van der Waals surface area contributed by atoms with Crippen LogP contribution in [0.2, 0.25) is 0 Å². The number of rotatable bonds is 6. The van der Waals surface area contributed by atoms with Gasteiger partial charge in [-0.15, -0.1) is 0 Å². The predicted molar refractivity (Wildman–Crippen MR) is 76.4 cm³/mol. The molecule has 0 spiro atoms. The molecule has 0 bridgehead atoms. The zero-order valence-electron chi connectivity index (χ0n) is 12.5. The van der Waals surface area contributed by atoms with Crippen LogP contribution >= 0.6 is 0 Å². The van der Waals surface area contributed by atoms with Crippen LogP contribution in [0.15, 0.2) is 0 Å². The predicted octanol–water partition coefficient (Wildman–Crippen LogP) is 3.13. The Bertz CT molecular complexity index is 203. The van der Waals surface area contributed by atoms with Gasteiger partial charge in [-0.2, -0.15) is 0 Å². The first-order valence-electron chi connectivity index (χ1n) is 7.42. The van der Waals surface area contributed by atoms with E-state index in [2.05, 4.69) is 45.1 Å². The van der Waals surface area contributed by atoms with E-state index in [1.165, 1.54) is 38.6 Å². The molecule has 1 saturated carbocycles. The van der Waals surface area contributed by atoms with Crippen molar-refractivity contribution in [3.8, 4) is 0 Å². The molecular weight excluding hydrogens is 208 g/mol. The smallest absolute Gasteiger partial charge is 0.0104 e. The van der Waals surface area contributed by atoms with E-state index in [-0.39, 0.29) is 0 Å². The van der Waals surface area contributed by atoms with Gasteiger partial charge >= 0.3 is 0 Å². The van der Waals surface area contributed by atoms with E-state index in [9.17, 15) is 0 Å². The van der Waals surface area contributed by atoms with E-state index >= 15 is 0 Å². The highest BCUT2D eigenvalue weighted by molar-refractivity contribution is 4.82. The second-order valence-electron chi connectivity index (χ2n) is 6.36. The van der Waals surface area contributed by atoms with E-state index in [4.69, 9.17) is 0 Å². The molecule has 0 aromatic heterocycles. The number of nitrogens with one attached hydrogen (secondary N) is 1. The molecule has 0 aromatic rings. The topological polar surface area (TPSA) is 15.3 Å². The summed E-state index contributed by atoms with van der Waals surface area (Å²) in [5.41, 5.74) is 0. The first-order chi connectivity index (χ1) is 8.04. The minimum absolute atomic E-state index is 0.717. The fraction of sp³-hybridized carbons (Fsp3) is 1.00. The molecule has 1 N–H and O–H groups in total. The van der Waals surface area contributed by atoms with Crippen molar-refractivity contribution in [2.24, 2.45) is 11.8 Å². The van der Waals surface area contributed by atoms with Gasteiger partial charge in [0, 0.05) is 18.6 Å². The van der Waals surface area contributed by atoms with Gasteiger partial charge in [-0.05, 0) is 52.1 Å². The molecule has 0 amide bonds. The van der Waals surface area contributed by atoms with Crippen LogP contribution < -0.4 is 5.32 Å². The highest BCUT2D eigenvalue weighted by atomic mass is 15.1. The maximum absolute atomic E-state index is 3.51. The summed E-state index contributed by atoms with van der Waals surface area (Å²) in [7, 11) is 4.43. The molecule has 0 radical (unpaired) electrons. The fourth-order valence-corrected chi connectivity index (χ4v) is 3.22. The van der Waals surface area contributed by atoms with Gasteiger partial charge in [-0.1, -0.05) is 26.7 Å². The van der Waals surface area contributed by atoms with Crippen LogP contribution in [0, 0.1) is 11.8 Å². The van der Waals surface area contributed by atoms with Crippen molar-refractivity contribution in [2.45, 2.75) is 65.0 Å². The van der Waals surface area contributed by atoms with Crippen molar-refractivity contribution in [3.63, 3.8) is 0 Å². The molecule has 3 atom stereocenters. The Morgan fingerprint density at radius 1 is 1.18 bits per heavy atom. The van der Waals surface area contributed by atoms with E-state index in [0.29, 0.717) is 0 Å². The SMILES string of the molecule is CNC1CCCCC1CN(C)C(C)CC(C)C. The molecule has 1 rings (SSSR count). The van der Waals surface area contributed by atoms with Crippen LogP contribution in [0.4, 0.5) is 0 Å². The molecule has 3 unspecified atom stereocenters. The average Bonchev–Trinajstić information content (AvgIpc) is 2.28. The maximum atomic E-state index is 3.51. The van der Waals surface area contributed by atoms with Crippen molar-refractivity contribution in [1.29, 1.82) is 0 Å². The number of hydrogen-bond donors (Lipinski definition) is 1. The second-order valence-corrected chi connectivity index (χ2v) is 6.36. The minimum Gasteiger partial charge on any atom is -0.317 e. The number of nitrogens with zero attached hydrogens (tertiary/aromatic N) is 1. The summed E-state index contributed by atoms with van der Waals surface area (Å²) < 4.78 is 0. The Morgan fingerprint density at radius 3 is 2.41 bits per heavy atom. The molecule has 1 aliphatic rings. The Balaban J connectivity index is 2.39. The second kappa shape index (κ2) is 7.38. The fourth-order valence-electron chi connectivity index (χ4n) is 3.22. The van der Waals surface area contributed by atoms with Crippen LogP contribution in [0.5, 0.6) is 0 Å². The molecule has 0 aliphatic heterocycles. The third-order valence-corrected chi connectivity index (χ3v) is 4.37. The standard InChI is InChI=1S/C15H32N2/c1-12(2)10-13(3)17(5)11-14-8-6-7-9-15(14)16-4/h12-16H,6-11H2,1-5H3. The highest BCUT2D eigenvalue weighted by Gasteiger charge is 2.25. The van der Waals surface area contributed by atoms with Crippen LogP contribution in [-0.4, -0.2) is 37.6 Å². The summed E-state index contributed by atoms with van der Waals surface area (Å²) >= 11 is 0. The summed E-state index contributed by atoms with van der Waals surface area (Å²) in [5, 5.41) is 3.51. The summed E-state index contributed by atoms with van der Waals surface area (Å²) in [4.78, 5) is 2.57. The summed E-state index contributed by atoms with van der Waals surface area (Å²) in [6.07, 6.45) is 6.92. The lowest BCUT2D eigenvalue weighted by Crippen LogP contribution is -2.44. The van der Waals surface area contributed by atoms with Gasteiger partial charge in [-0.3, -0.25) is 0 Å². The van der Waals surface area contributed by atoms with Crippen LogP contribution in [0.3, 0.4) is 0 Å². The van der Waals surface area contributed by atoms with Gasteiger partial charge in [0.15, 0.2) is 0 Å². The van der Waals surface area contributed by atoms with Gasteiger partial charge < -0.3 is 10.2 Å². The zero-order chi connectivity index (χ0) is 12.8. The molecule has 1 aliphatic carbocycles. The Labute approximate surface area is 108 Å². The van der Waals surface area contributed by atoms with Crippen molar-refractivity contribution in [3.05, 3.63) is 0 Å². The summed E-state index contributed by atoms with van der Waals surface area (Å²) in [6.45, 7) is 8.28. The summed E-state index contributed by atoms with van der Waals surface area (Å²) in [6, 6.07) is 1.46. The molecular formula is C15H32N2. The van der Waals surface area contributed by atoms with Crippen molar-refractivity contribution >= 4 is 0 Å². The summed E-state index contributed by atoms with van der Waals surface area (Å²) in [5.74, 6) is 1.66. The monoisotopic (exact) mass is 240 g/mol.